The number of nitrogens with two attached hydrogens (primary N) is 1. The minimum atomic E-state index is 0.150. The van der Waals surface area contributed by atoms with Gasteiger partial charge in [0, 0.05) is 23.5 Å². The molecule has 0 saturated carbocycles. The molecule has 0 radical (unpaired) electrons. The monoisotopic (exact) mass is 460 g/mol. The Balaban J connectivity index is 1.93. The van der Waals surface area contributed by atoms with E-state index in [1.807, 2.05) is 30.1 Å². The highest BCUT2D eigenvalue weighted by atomic mass is 127. The zero-order valence-corrected chi connectivity index (χ0v) is 16.1. The number of ether oxygens (including phenoxy) is 2. The number of nitrogens with zero attached hydrogens (tertiary/aromatic N) is 3. The van der Waals surface area contributed by atoms with Crippen LogP contribution in [0, 0.1) is 3.57 Å². The summed E-state index contributed by atoms with van der Waals surface area (Å²) in [6.07, 6.45) is 3.42. The molecule has 1 saturated heterocycles. The molecule has 8 heteroatoms. The Kier molecular flexibility index (Phi) is 5.62. The average Bonchev–Trinajstić information content (AvgIpc) is 2.59. The number of hydrogen-bond acceptors (Lipinski definition) is 6. The van der Waals surface area contributed by atoms with Gasteiger partial charge in [-0.25, -0.2) is 4.98 Å². The molecule has 1 aliphatic heterocycles. The molecular weight excluding hydrogens is 443 g/mol. The lowest BCUT2D eigenvalue weighted by molar-refractivity contribution is 0.0258. The van der Waals surface area contributed by atoms with Crippen molar-refractivity contribution < 1.29 is 9.47 Å². The molecule has 1 aromatic heterocycles. The van der Waals surface area contributed by atoms with Gasteiger partial charge in [0.2, 0.25) is 5.95 Å². The van der Waals surface area contributed by atoms with Crippen LogP contribution in [0.2, 0.25) is 5.02 Å². The SMILES string of the molecule is CN(c1cc(I)ccc1OC1CCOCC1)c1nc(N)ncc1Cl. The van der Waals surface area contributed by atoms with Crippen molar-refractivity contribution in [3.63, 3.8) is 0 Å². The largest absolute Gasteiger partial charge is 0.488 e. The fraction of sp³-hybridized carbons (Fsp3) is 0.375. The summed E-state index contributed by atoms with van der Waals surface area (Å²) in [7, 11) is 1.88. The van der Waals surface area contributed by atoms with Crippen molar-refractivity contribution in [1.82, 2.24) is 9.97 Å². The Hall–Kier alpha value is -1.32. The second kappa shape index (κ2) is 7.71. The van der Waals surface area contributed by atoms with Gasteiger partial charge in [-0.05, 0) is 40.8 Å². The molecule has 6 nitrogen and oxygen atoms in total. The average molecular weight is 461 g/mol. The van der Waals surface area contributed by atoms with Crippen LogP contribution < -0.4 is 15.4 Å². The number of halogens is 2. The van der Waals surface area contributed by atoms with E-state index in [4.69, 9.17) is 26.8 Å². The van der Waals surface area contributed by atoms with Crippen molar-refractivity contribution in [2.45, 2.75) is 18.9 Å². The third kappa shape index (κ3) is 4.01. The van der Waals surface area contributed by atoms with Crippen molar-refractivity contribution in [2.75, 3.05) is 30.9 Å². The molecule has 2 N–H and O–H groups in total. The maximum Gasteiger partial charge on any atom is 0.222 e. The predicted octanol–water partition coefficient (Wildman–Crippen LogP) is 3.64. The van der Waals surface area contributed by atoms with E-state index in [-0.39, 0.29) is 12.1 Å². The second-order valence-electron chi connectivity index (χ2n) is 5.50. The molecule has 2 heterocycles. The Morgan fingerprint density at radius 2 is 2.12 bits per heavy atom. The van der Waals surface area contributed by atoms with Gasteiger partial charge in [0.1, 0.15) is 16.9 Å². The first-order valence-corrected chi connectivity index (χ1v) is 9.06. The maximum atomic E-state index is 6.24. The Morgan fingerprint density at radius 1 is 1.38 bits per heavy atom. The first kappa shape index (κ1) is 17.5. The van der Waals surface area contributed by atoms with E-state index in [1.54, 1.807) is 0 Å². The molecule has 0 aliphatic carbocycles. The lowest BCUT2D eigenvalue weighted by atomic mass is 10.1. The third-order valence-corrected chi connectivity index (χ3v) is 4.74. The van der Waals surface area contributed by atoms with Gasteiger partial charge in [-0.15, -0.1) is 0 Å². The molecule has 0 unspecified atom stereocenters. The fourth-order valence-electron chi connectivity index (χ4n) is 2.55. The number of benzene rings is 1. The Bertz CT molecular complexity index is 725. The van der Waals surface area contributed by atoms with Gasteiger partial charge < -0.3 is 20.1 Å². The van der Waals surface area contributed by atoms with Gasteiger partial charge in [0.25, 0.3) is 0 Å². The number of anilines is 3. The molecular formula is C16H18ClIN4O2. The number of hydrogen-bond donors (Lipinski definition) is 1. The molecule has 1 aromatic carbocycles. The highest BCUT2D eigenvalue weighted by molar-refractivity contribution is 14.1. The standard InChI is InChI=1S/C16H18ClIN4O2/c1-22(15-12(17)9-20-16(19)21-15)13-8-10(18)2-3-14(13)24-11-4-6-23-7-5-11/h2-3,8-9,11H,4-7H2,1H3,(H2,19,20,21). The molecule has 3 rings (SSSR count). The first-order chi connectivity index (χ1) is 11.5. The van der Waals surface area contributed by atoms with E-state index < -0.39 is 0 Å². The molecule has 2 aromatic rings. The number of nitrogen functional groups attached to an aromatic ring is 1. The van der Waals surface area contributed by atoms with Crippen molar-refractivity contribution >= 4 is 51.6 Å². The van der Waals surface area contributed by atoms with Crippen molar-refractivity contribution in [3.8, 4) is 5.75 Å². The summed E-state index contributed by atoms with van der Waals surface area (Å²) < 4.78 is 12.7. The normalized spacial score (nSPS) is 15.3. The summed E-state index contributed by atoms with van der Waals surface area (Å²) in [5.74, 6) is 1.51. The summed E-state index contributed by atoms with van der Waals surface area (Å²) in [6, 6.07) is 6.02. The zero-order valence-electron chi connectivity index (χ0n) is 13.2. The molecule has 128 valence electrons. The highest BCUT2D eigenvalue weighted by Gasteiger charge is 2.20. The Labute approximate surface area is 159 Å². The van der Waals surface area contributed by atoms with Crippen molar-refractivity contribution in [3.05, 3.63) is 33.0 Å². The minimum absolute atomic E-state index is 0.150. The van der Waals surface area contributed by atoms with Gasteiger partial charge in [0.15, 0.2) is 5.82 Å². The van der Waals surface area contributed by atoms with Crippen LogP contribution in [-0.4, -0.2) is 36.3 Å². The van der Waals surface area contributed by atoms with Gasteiger partial charge in [-0.3, -0.25) is 0 Å². The lowest BCUT2D eigenvalue weighted by Crippen LogP contribution is -2.26. The lowest BCUT2D eigenvalue weighted by Gasteiger charge is -2.27. The van der Waals surface area contributed by atoms with E-state index in [0.717, 1.165) is 41.1 Å². The fourth-order valence-corrected chi connectivity index (χ4v) is 3.24. The summed E-state index contributed by atoms with van der Waals surface area (Å²) in [5.41, 5.74) is 6.59. The van der Waals surface area contributed by atoms with Crippen LogP contribution in [-0.2, 0) is 4.74 Å². The van der Waals surface area contributed by atoms with Gasteiger partial charge >= 0.3 is 0 Å². The molecule has 0 spiro atoms. The third-order valence-electron chi connectivity index (χ3n) is 3.81. The van der Waals surface area contributed by atoms with Crippen LogP contribution in [0.1, 0.15) is 12.8 Å². The van der Waals surface area contributed by atoms with E-state index in [0.29, 0.717) is 10.8 Å². The predicted molar refractivity (Wildman–Crippen MR) is 103 cm³/mol. The van der Waals surface area contributed by atoms with Gasteiger partial charge in [-0.1, -0.05) is 11.6 Å². The Morgan fingerprint density at radius 3 is 2.88 bits per heavy atom. The van der Waals surface area contributed by atoms with Gasteiger partial charge in [-0.2, -0.15) is 4.98 Å². The van der Waals surface area contributed by atoms with Crippen LogP contribution in [0.3, 0.4) is 0 Å². The van der Waals surface area contributed by atoms with Crippen LogP contribution in [0.25, 0.3) is 0 Å². The van der Waals surface area contributed by atoms with Gasteiger partial charge in [0.05, 0.1) is 25.1 Å². The van der Waals surface area contributed by atoms with Crippen LogP contribution >= 0.6 is 34.2 Å². The van der Waals surface area contributed by atoms with Crippen molar-refractivity contribution in [2.24, 2.45) is 0 Å². The minimum Gasteiger partial charge on any atom is -0.488 e. The molecule has 24 heavy (non-hydrogen) atoms. The summed E-state index contributed by atoms with van der Waals surface area (Å²) in [4.78, 5) is 10.0. The zero-order chi connectivity index (χ0) is 17.1. The van der Waals surface area contributed by atoms with Crippen LogP contribution in [0.5, 0.6) is 5.75 Å². The first-order valence-electron chi connectivity index (χ1n) is 7.60. The summed E-state index contributed by atoms with van der Waals surface area (Å²) in [6.45, 7) is 1.46. The topological polar surface area (TPSA) is 73.5 Å². The van der Waals surface area contributed by atoms with Crippen LogP contribution in [0.15, 0.2) is 24.4 Å². The van der Waals surface area contributed by atoms with Crippen LogP contribution in [0.4, 0.5) is 17.5 Å². The molecule has 0 amide bonds. The van der Waals surface area contributed by atoms with E-state index >= 15 is 0 Å². The smallest absolute Gasteiger partial charge is 0.222 e. The molecule has 0 bridgehead atoms. The summed E-state index contributed by atoms with van der Waals surface area (Å²) in [5, 5.41) is 0.433. The van der Waals surface area contributed by atoms with E-state index in [9.17, 15) is 0 Å². The van der Waals surface area contributed by atoms with E-state index in [2.05, 4.69) is 32.6 Å². The number of rotatable bonds is 4. The number of aromatic nitrogens is 2. The van der Waals surface area contributed by atoms with E-state index in [1.165, 1.54) is 6.20 Å². The maximum absolute atomic E-state index is 6.24. The highest BCUT2D eigenvalue weighted by Crippen LogP contribution is 2.37. The quantitative estimate of drug-likeness (QED) is 0.702. The molecule has 1 fully saturated rings. The molecule has 0 atom stereocenters. The van der Waals surface area contributed by atoms with Crippen molar-refractivity contribution in [1.29, 1.82) is 0 Å². The summed E-state index contributed by atoms with van der Waals surface area (Å²) >= 11 is 8.51. The second-order valence-corrected chi connectivity index (χ2v) is 7.15. The molecule has 1 aliphatic rings.